The van der Waals surface area contributed by atoms with Crippen LogP contribution in [0.3, 0.4) is 0 Å². The molecular formula is C25H28N2O3. The molecule has 3 rings (SSSR count). The monoisotopic (exact) mass is 404 g/mol. The predicted octanol–water partition coefficient (Wildman–Crippen LogP) is 4.59. The van der Waals surface area contributed by atoms with E-state index in [0.29, 0.717) is 11.4 Å². The van der Waals surface area contributed by atoms with Crippen molar-refractivity contribution in [1.29, 1.82) is 0 Å². The van der Waals surface area contributed by atoms with Gasteiger partial charge in [-0.2, -0.15) is 5.10 Å². The Balaban J connectivity index is 1.82. The molecule has 5 nitrogen and oxygen atoms in total. The second-order valence-electron chi connectivity index (χ2n) is 8.50. The van der Waals surface area contributed by atoms with Gasteiger partial charge < -0.3 is 4.74 Å². The van der Waals surface area contributed by atoms with E-state index in [1.54, 1.807) is 20.1 Å². The number of benzene rings is 2. The Morgan fingerprint density at radius 1 is 1.07 bits per heavy atom. The molecule has 3 aromatic rings. The molecule has 2 aromatic carbocycles. The van der Waals surface area contributed by atoms with Crippen LogP contribution in [0.25, 0.3) is 11.3 Å². The molecule has 30 heavy (non-hydrogen) atoms. The second-order valence-corrected chi connectivity index (χ2v) is 8.50. The Bertz CT molecular complexity index is 1090. The molecule has 1 aromatic heterocycles. The van der Waals surface area contributed by atoms with E-state index < -0.39 is 6.04 Å². The number of ether oxygens (including phenoxy) is 1. The molecule has 0 aliphatic carbocycles. The Morgan fingerprint density at radius 2 is 1.77 bits per heavy atom. The van der Waals surface area contributed by atoms with Crippen molar-refractivity contribution < 1.29 is 9.53 Å². The van der Waals surface area contributed by atoms with Crippen LogP contribution in [0, 0.1) is 0 Å². The van der Waals surface area contributed by atoms with Crippen LogP contribution in [0.2, 0.25) is 0 Å². The molecule has 0 fully saturated rings. The molecule has 0 aliphatic rings. The van der Waals surface area contributed by atoms with Crippen LogP contribution in [0.5, 0.6) is 5.75 Å². The minimum absolute atomic E-state index is 0.0594. The molecule has 0 spiro atoms. The van der Waals surface area contributed by atoms with Gasteiger partial charge in [0.15, 0.2) is 5.78 Å². The van der Waals surface area contributed by atoms with Crippen molar-refractivity contribution in [2.24, 2.45) is 0 Å². The van der Waals surface area contributed by atoms with Crippen LogP contribution < -0.4 is 10.3 Å². The predicted molar refractivity (Wildman–Crippen MR) is 119 cm³/mol. The minimum Gasteiger partial charge on any atom is -0.497 e. The number of hydrogen-bond donors (Lipinski definition) is 0. The van der Waals surface area contributed by atoms with Crippen LogP contribution in [-0.2, 0) is 16.6 Å². The molecule has 0 amide bonds. The molecule has 0 N–H and O–H groups in total. The molecule has 0 saturated heterocycles. The van der Waals surface area contributed by atoms with Gasteiger partial charge in [-0.05, 0) is 41.7 Å². The quantitative estimate of drug-likeness (QED) is 0.603. The van der Waals surface area contributed by atoms with Gasteiger partial charge in [0.1, 0.15) is 11.8 Å². The number of hydrogen-bond acceptors (Lipinski definition) is 4. The zero-order chi connectivity index (χ0) is 21.9. The number of ketones is 1. The van der Waals surface area contributed by atoms with Crippen molar-refractivity contribution in [3.63, 3.8) is 0 Å². The van der Waals surface area contributed by atoms with Gasteiger partial charge in [-0.1, -0.05) is 57.2 Å². The summed E-state index contributed by atoms with van der Waals surface area (Å²) in [6, 6.07) is 18.0. The van der Waals surface area contributed by atoms with Gasteiger partial charge in [0.25, 0.3) is 5.56 Å². The zero-order valence-corrected chi connectivity index (χ0v) is 18.2. The van der Waals surface area contributed by atoms with Crippen molar-refractivity contribution in [1.82, 2.24) is 9.78 Å². The first-order valence-corrected chi connectivity index (χ1v) is 10.1. The number of carbonyl (C=O) groups excluding carboxylic acids is 1. The molecule has 1 heterocycles. The zero-order valence-electron chi connectivity index (χ0n) is 18.2. The van der Waals surface area contributed by atoms with E-state index in [2.05, 4.69) is 38.0 Å². The second kappa shape index (κ2) is 8.66. The molecule has 0 bridgehead atoms. The van der Waals surface area contributed by atoms with Crippen LogP contribution in [0.1, 0.15) is 44.9 Å². The highest BCUT2D eigenvalue weighted by atomic mass is 16.5. The third-order valence-electron chi connectivity index (χ3n) is 5.22. The highest BCUT2D eigenvalue weighted by Gasteiger charge is 2.19. The Hall–Kier alpha value is -3.21. The maximum absolute atomic E-state index is 12.9. The molecular weight excluding hydrogens is 376 g/mol. The van der Waals surface area contributed by atoms with E-state index in [1.807, 2.05) is 36.4 Å². The van der Waals surface area contributed by atoms with Gasteiger partial charge in [-0.15, -0.1) is 0 Å². The molecule has 1 unspecified atom stereocenters. The summed E-state index contributed by atoms with van der Waals surface area (Å²) < 4.78 is 6.53. The van der Waals surface area contributed by atoms with E-state index >= 15 is 0 Å². The van der Waals surface area contributed by atoms with Gasteiger partial charge >= 0.3 is 0 Å². The maximum atomic E-state index is 12.9. The molecule has 0 radical (unpaired) electrons. The number of nitrogens with zero attached hydrogens (tertiary/aromatic N) is 2. The van der Waals surface area contributed by atoms with Crippen molar-refractivity contribution in [2.75, 3.05) is 7.11 Å². The van der Waals surface area contributed by atoms with E-state index in [0.717, 1.165) is 11.1 Å². The highest BCUT2D eigenvalue weighted by molar-refractivity contribution is 5.84. The topological polar surface area (TPSA) is 61.2 Å². The summed E-state index contributed by atoms with van der Waals surface area (Å²) in [7, 11) is 1.60. The number of methoxy groups -OCH3 is 1. The van der Waals surface area contributed by atoms with Crippen LogP contribution >= 0.6 is 0 Å². The van der Waals surface area contributed by atoms with Crippen LogP contribution in [0.15, 0.2) is 65.5 Å². The smallest absolute Gasteiger partial charge is 0.267 e. The fraction of sp³-hybridized carbons (Fsp3) is 0.320. The molecule has 0 aliphatic heterocycles. The van der Waals surface area contributed by atoms with Crippen LogP contribution in [-0.4, -0.2) is 22.7 Å². The first-order valence-electron chi connectivity index (χ1n) is 10.1. The molecule has 156 valence electrons. The lowest BCUT2D eigenvalue weighted by Gasteiger charge is -2.19. The Labute approximate surface area is 177 Å². The largest absolute Gasteiger partial charge is 0.497 e. The van der Waals surface area contributed by atoms with E-state index in [1.165, 1.54) is 16.3 Å². The summed E-state index contributed by atoms with van der Waals surface area (Å²) in [4.78, 5) is 25.3. The SMILES string of the molecule is COc1cccc(-c2ccc(=O)n(C(C)C(=O)Cc3ccc(C(C)(C)C)cc3)n2)c1. The summed E-state index contributed by atoms with van der Waals surface area (Å²) in [6.45, 7) is 8.18. The number of rotatable bonds is 6. The highest BCUT2D eigenvalue weighted by Crippen LogP contribution is 2.23. The number of carbonyl (C=O) groups is 1. The maximum Gasteiger partial charge on any atom is 0.267 e. The van der Waals surface area contributed by atoms with Crippen LogP contribution in [0.4, 0.5) is 0 Å². The number of Topliss-reactive ketones (excluding diaryl/α,β-unsaturated/α-hetero) is 1. The first kappa shape index (κ1) is 21.5. The third kappa shape index (κ3) is 4.85. The minimum atomic E-state index is -0.662. The lowest BCUT2D eigenvalue weighted by molar-refractivity contribution is -0.121. The lowest BCUT2D eigenvalue weighted by atomic mass is 9.86. The Kier molecular flexibility index (Phi) is 6.20. The number of aromatic nitrogens is 2. The van der Waals surface area contributed by atoms with Gasteiger partial charge in [-0.3, -0.25) is 9.59 Å². The van der Waals surface area contributed by atoms with Crippen molar-refractivity contribution in [2.45, 2.75) is 45.6 Å². The van der Waals surface area contributed by atoms with E-state index in [4.69, 9.17) is 4.74 Å². The van der Waals surface area contributed by atoms with Crippen molar-refractivity contribution in [3.8, 4) is 17.0 Å². The average Bonchev–Trinajstić information content (AvgIpc) is 2.73. The van der Waals surface area contributed by atoms with Gasteiger partial charge in [0, 0.05) is 18.1 Å². The third-order valence-corrected chi connectivity index (χ3v) is 5.22. The van der Waals surface area contributed by atoms with E-state index in [-0.39, 0.29) is 23.2 Å². The van der Waals surface area contributed by atoms with Crippen molar-refractivity contribution in [3.05, 3.63) is 82.1 Å². The fourth-order valence-corrected chi connectivity index (χ4v) is 3.25. The molecule has 1 atom stereocenters. The van der Waals surface area contributed by atoms with Gasteiger partial charge in [0.2, 0.25) is 0 Å². The van der Waals surface area contributed by atoms with Gasteiger partial charge in [-0.25, -0.2) is 4.68 Å². The van der Waals surface area contributed by atoms with Crippen molar-refractivity contribution >= 4 is 5.78 Å². The standard InChI is InChI=1S/C25H28N2O3/c1-17(23(28)15-18-9-11-20(12-10-18)25(2,3)4)27-24(29)14-13-22(26-27)19-7-6-8-21(16-19)30-5/h6-14,16-17H,15H2,1-5H3. The van der Waals surface area contributed by atoms with E-state index in [9.17, 15) is 9.59 Å². The normalized spacial score (nSPS) is 12.4. The summed E-state index contributed by atoms with van der Waals surface area (Å²) in [6.07, 6.45) is 0.253. The van der Waals surface area contributed by atoms with Gasteiger partial charge in [0.05, 0.1) is 12.8 Å². The summed E-state index contributed by atoms with van der Waals surface area (Å²) >= 11 is 0. The fourth-order valence-electron chi connectivity index (χ4n) is 3.25. The first-order chi connectivity index (χ1) is 14.2. The lowest BCUT2D eigenvalue weighted by Crippen LogP contribution is -2.30. The summed E-state index contributed by atoms with van der Waals surface area (Å²) in [5, 5.41) is 4.45. The molecule has 5 heteroatoms. The Morgan fingerprint density at radius 3 is 2.40 bits per heavy atom. The summed E-state index contributed by atoms with van der Waals surface area (Å²) in [5.41, 5.74) is 3.34. The molecule has 0 saturated carbocycles. The average molecular weight is 405 g/mol. The summed E-state index contributed by atoms with van der Waals surface area (Å²) in [5.74, 6) is 0.644.